The van der Waals surface area contributed by atoms with Crippen molar-refractivity contribution < 1.29 is 0 Å². The first-order valence-corrected chi connectivity index (χ1v) is 6.06. The molecular weight excluding hydrogens is 224 g/mol. The molecule has 0 fully saturated rings. The van der Waals surface area contributed by atoms with Gasteiger partial charge in [0.2, 0.25) is 0 Å². The van der Waals surface area contributed by atoms with E-state index in [4.69, 9.17) is 5.73 Å². The molecule has 2 aromatic rings. The van der Waals surface area contributed by atoms with Gasteiger partial charge >= 0.3 is 0 Å². The average molecular weight is 242 g/mol. The van der Waals surface area contributed by atoms with Crippen molar-refractivity contribution in [2.75, 3.05) is 5.73 Å². The van der Waals surface area contributed by atoms with Gasteiger partial charge in [0, 0.05) is 18.2 Å². The lowest BCUT2D eigenvalue weighted by Gasteiger charge is -2.12. The summed E-state index contributed by atoms with van der Waals surface area (Å²) in [6.45, 7) is 5.07. The maximum atomic E-state index is 5.75. The average Bonchev–Trinajstić information content (AvgIpc) is 2.36. The Bertz CT molecular complexity index is 523. The SMILES string of the molecule is CC(C)NCc1ccccc1-c1cc(N)cnn1. The molecule has 2 rings (SSSR count). The van der Waals surface area contributed by atoms with Crippen molar-refractivity contribution in [1.29, 1.82) is 0 Å². The van der Waals surface area contributed by atoms with Crippen LogP contribution in [0.5, 0.6) is 0 Å². The van der Waals surface area contributed by atoms with Gasteiger partial charge in [0.05, 0.1) is 17.6 Å². The summed E-state index contributed by atoms with van der Waals surface area (Å²) in [7, 11) is 0. The van der Waals surface area contributed by atoms with Crippen molar-refractivity contribution in [2.45, 2.75) is 26.4 Å². The first kappa shape index (κ1) is 12.5. The Morgan fingerprint density at radius 1 is 1.28 bits per heavy atom. The molecule has 0 amide bonds. The van der Waals surface area contributed by atoms with Crippen molar-refractivity contribution in [1.82, 2.24) is 15.5 Å². The number of rotatable bonds is 4. The highest BCUT2D eigenvalue weighted by atomic mass is 15.1. The normalized spacial score (nSPS) is 10.8. The Labute approximate surface area is 107 Å². The number of hydrogen-bond donors (Lipinski definition) is 2. The monoisotopic (exact) mass is 242 g/mol. The first-order valence-electron chi connectivity index (χ1n) is 6.06. The molecule has 0 spiro atoms. The molecule has 4 nitrogen and oxygen atoms in total. The van der Waals surface area contributed by atoms with E-state index >= 15 is 0 Å². The minimum Gasteiger partial charge on any atom is -0.397 e. The summed E-state index contributed by atoms with van der Waals surface area (Å²) in [6, 6.07) is 10.5. The van der Waals surface area contributed by atoms with Crippen LogP contribution >= 0.6 is 0 Å². The number of aromatic nitrogens is 2. The van der Waals surface area contributed by atoms with E-state index in [1.165, 1.54) is 5.56 Å². The molecule has 3 N–H and O–H groups in total. The zero-order valence-electron chi connectivity index (χ0n) is 10.7. The second-order valence-electron chi connectivity index (χ2n) is 4.57. The van der Waals surface area contributed by atoms with E-state index < -0.39 is 0 Å². The Balaban J connectivity index is 2.32. The topological polar surface area (TPSA) is 63.8 Å². The van der Waals surface area contributed by atoms with Gasteiger partial charge < -0.3 is 11.1 Å². The van der Waals surface area contributed by atoms with Crippen LogP contribution in [0.2, 0.25) is 0 Å². The number of nitrogens with two attached hydrogens (primary N) is 1. The van der Waals surface area contributed by atoms with Crippen LogP contribution < -0.4 is 11.1 Å². The number of nitrogen functional groups attached to an aromatic ring is 1. The van der Waals surface area contributed by atoms with Crippen LogP contribution in [0.3, 0.4) is 0 Å². The van der Waals surface area contributed by atoms with Gasteiger partial charge in [-0.2, -0.15) is 10.2 Å². The van der Waals surface area contributed by atoms with E-state index in [0.29, 0.717) is 11.7 Å². The van der Waals surface area contributed by atoms with Crippen LogP contribution in [0, 0.1) is 0 Å². The standard InChI is InChI=1S/C14H18N4/c1-10(2)16-8-11-5-3-4-6-13(11)14-7-12(15)9-17-18-14/h3-7,9-10,16H,8H2,1-2H3,(H2,15,18). The molecule has 4 heteroatoms. The molecule has 1 heterocycles. The molecule has 0 bridgehead atoms. The Morgan fingerprint density at radius 3 is 2.78 bits per heavy atom. The predicted molar refractivity (Wildman–Crippen MR) is 73.9 cm³/mol. The fourth-order valence-corrected chi connectivity index (χ4v) is 1.75. The van der Waals surface area contributed by atoms with Crippen LogP contribution in [-0.4, -0.2) is 16.2 Å². The van der Waals surface area contributed by atoms with Crippen LogP contribution in [0.25, 0.3) is 11.3 Å². The van der Waals surface area contributed by atoms with E-state index in [9.17, 15) is 0 Å². The molecule has 0 aliphatic carbocycles. The van der Waals surface area contributed by atoms with Gasteiger partial charge in [-0.3, -0.25) is 0 Å². The summed E-state index contributed by atoms with van der Waals surface area (Å²) < 4.78 is 0. The maximum absolute atomic E-state index is 5.75. The van der Waals surface area contributed by atoms with Gasteiger partial charge in [-0.25, -0.2) is 0 Å². The van der Waals surface area contributed by atoms with Crippen molar-refractivity contribution in [3.63, 3.8) is 0 Å². The highest BCUT2D eigenvalue weighted by Crippen LogP contribution is 2.22. The van der Waals surface area contributed by atoms with Gasteiger partial charge in [-0.1, -0.05) is 38.1 Å². The fraction of sp³-hybridized carbons (Fsp3) is 0.286. The van der Waals surface area contributed by atoms with Gasteiger partial charge in [-0.15, -0.1) is 0 Å². The zero-order valence-corrected chi connectivity index (χ0v) is 10.7. The molecule has 1 aromatic heterocycles. The van der Waals surface area contributed by atoms with Gasteiger partial charge in [0.25, 0.3) is 0 Å². The highest BCUT2D eigenvalue weighted by Gasteiger charge is 2.07. The number of nitrogens with one attached hydrogen (secondary N) is 1. The van der Waals surface area contributed by atoms with Gasteiger partial charge in [0.1, 0.15) is 0 Å². The molecule has 0 radical (unpaired) electrons. The van der Waals surface area contributed by atoms with Crippen LogP contribution in [0.1, 0.15) is 19.4 Å². The third kappa shape index (κ3) is 3.05. The molecule has 0 unspecified atom stereocenters. The molecule has 94 valence electrons. The lowest BCUT2D eigenvalue weighted by atomic mass is 10.0. The Hall–Kier alpha value is -1.94. The highest BCUT2D eigenvalue weighted by molar-refractivity contribution is 5.65. The maximum Gasteiger partial charge on any atom is 0.0953 e. The Morgan fingerprint density at radius 2 is 2.06 bits per heavy atom. The summed E-state index contributed by atoms with van der Waals surface area (Å²) in [5, 5.41) is 11.4. The van der Waals surface area contributed by atoms with Gasteiger partial charge in [0.15, 0.2) is 0 Å². The molecule has 0 aliphatic rings. The third-order valence-corrected chi connectivity index (χ3v) is 2.67. The van der Waals surface area contributed by atoms with E-state index in [2.05, 4.69) is 35.4 Å². The number of benzene rings is 1. The third-order valence-electron chi connectivity index (χ3n) is 2.67. The molecule has 1 aromatic carbocycles. The Kier molecular flexibility index (Phi) is 3.89. The number of hydrogen-bond acceptors (Lipinski definition) is 4. The summed E-state index contributed by atoms with van der Waals surface area (Å²) in [5.74, 6) is 0. The zero-order chi connectivity index (χ0) is 13.0. The molecule has 0 aliphatic heterocycles. The van der Waals surface area contributed by atoms with Crippen LogP contribution in [0.15, 0.2) is 36.5 Å². The second kappa shape index (κ2) is 5.60. The number of nitrogens with zero attached hydrogens (tertiary/aromatic N) is 2. The predicted octanol–water partition coefficient (Wildman–Crippen LogP) is 2.22. The summed E-state index contributed by atoms with van der Waals surface area (Å²) in [4.78, 5) is 0. The second-order valence-corrected chi connectivity index (χ2v) is 4.57. The van der Waals surface area contributed by atoms with Crippen LogP contribution in [-0.2, 0) is 6.54 Å². The van der Waals surface area contributed by atoms with Gasteiger partial charge in [-0.05, 0) is 11.6 Å². The largest absolute Gasteiger partial charge is 0.397 e. The van der Waals surface area contributed by atoms with Crippen LogP contribution in [0.4, 0.5) is 5.69 Å². The van der Waals surface area contributed by atoms with E-state index in [-0.39, 0.29) is 0 Å². The van der Waals surface area contributed by atoms with Crippen molar-refractivity contribution >= 4 is 5.69 Å². The van der Waals surface area contributed by atoms with E-state index in [1.54, 1.807) is 6.20 Å². The summed E-state index contributed by atoms with van der Waals surface area (Å²) >= 11 is 0. The molecule has 18 heavy (non-hydrogen) atoms. The van der Waals surface area contributed by atoms with Crippen molar-refractivity contribution in [3.8, 4) is 11.3 Å². The lowest BCUT2D eigenvalue weighted by Crippen LogP contribution is -2.22. The molecule has 0 saturated carbocycles. The van der Waals surface area contributed by atoms with Crippen molar-refractivity contribution in [3.05, 3.63) is 42.1 Å². The number of anilines is 1. The minimum atomic E-state index is 0.449. The van der Waals surface area contributed by atoms with E-state index in [0.717, 1.165) is 17.8 Å². The fourth-order valence-electron chi connectivity index (χ4n) is 1.75. The smallest absolute Gasteiger partial charge is 0.0953 e. The van der Waals surface area contributed by atoms with E-state index in [1.807, 2.05) is 24.3 Å². The molecular formula is C14H18N4. The lowest BCUT2D eigenvalue weighted by molar-refractivity contribution is 0.589. The van der Waals surface area contributed by atoms with Crippen molar-refractivity contribution in [2.24, 2.45) is 0 Å². The summed E-state index contributed by atoms with van der Waals surface area (Å²) in [5.41, 5.74) is 9.47. The molecule has 0 saturated heterocycles. The molecule has 0 atom stereocenters. The first-order chi connectivity index (χ1) is 8.66. The minimum absolute atomic E-state index is 0.449. The quantitative estimate of drug-likeness (QED) is 0.863. The summed E-state index contributed by atoms with van der Waals surface area (Å²) in [6.07, 6.45) is 1.55.